The van der Waals surface area contributed by atoms with E-state index in [-0.39, 0.29) is 23.4 Å². The summed E-state index contributed by atoms with van der Waals surface area (Å²) in [6.45, 7) is 0. The fourth-order valence-corrected chi connectivity index (χ4v) is 7.21. The van der Waals surface area contributed by atoms with Crippen LogP contribution in [0.15, 0.2) is 0 Å². The van der Waals surface area contributed by atoms with Crippen molar-refractivity contribution in [3.8, 4) is 6.07 Å². The normalized spacial score (nSPS) is 42.2. The number of rotatable bonds is 5. The molecule has 0 radical (unpaired) electrons. The van der Waals surface area contributed by atoms with Crippen LogP contribution >= 0.6 is 0 Å². The number of fused-ring (bicyclic) bond motifs is 1. The number of likely N-dealkylation sites (tertiary alicyclic amines) is 1. The van der Waals surface area contributed by atoms with Gasteiger partial charge in [-0.15, -0.1) is 0 Å². The van der Waals surface area contributed by atoms with Crippen LogP contribution in [0.25, 0.3) is 0 Å². The summed E-state index contributed by atoms with van der Waals surface area (Å²) in [5, 5.41) is 44.4. The van der Waals surface area contributed by atoms with E-state index in [0.717, 1.165) is 38.5 Å². The molecule has 10 heteroatoms. The number of piperidine rings is 1. The van der Waals surface area contributed by atoms with Crippen molar-refractivity contribution in [2.45, 2.75) is 87.6 Å². The van der Waals surface area contributed by atoms with E-state index < -0.39 is 36.1 Å². The molecule has 32 heavy (non-hydrogen) atoms. The molecule has 5 aliphatic carbocycles. The van der Waals surface area contributed by atoms with E-state index in [0.29, 0.717) is 24.2 Å². The van der Waals surface area contributed by atoms with Gasteiger partial charge in [0.1, 0.15) is 6.04 Å². The van der Waals surface area contributed by atoms with Crippen molar-refractivity contribution >= 4 is 17.8 Å². The highest BCUT2D eigenvalue weighted by Gasteiger charge is 2.62. The average molecular weight is 450 g/mol. The molecule has 176 valence electrons. The summed E-state index contributed by atoms with van der Waals surface area (Å²) in [6.07, 6.45) is 4.94. The number of aliphatic hydroxyl groups excluding tert-OH is 1. The molecular formula is C22H31N3O7. The van der Waals surface area contributed by atoms with Crippen molar-refractivity contribution < 1.29 is 34.8 Å². The number of hydrogen-bond donors (Lipinski definition) is 5. The van der Waals surface area contributed by atoms with E-state index in [4.69, 9.17) is 21.1 Å². The summed E-state index contributed by atoms with van der Waals surface area (Å²) in [5.74, 6) is -1.29. The lowest BCUT2D eigenvalue weighted by molar-refractivity contribution is -0.177. The Morgan fingerprint density at radius 3 is 2.19 bits per heavy atom. The Hall–Kier alpha value is -2.22. The smallest absolute Gasteiger partial charge is 0.333 e. The SMILES string of the molecule is N#C[C@@H]1C[C@@H]2C[C@@H]2N1C(=O)[C@@H](N)C12C[C@@H]3C[C@@H](CC(O)(C3)C1)C2.O=C(O)CC(O)C(=O)O. The van der Waals surface area contributed by atoms with Crippen molar-refractivity contribution in [2.75, 3.05) is 0 Å². The largest absolute Gasteiger partial charge is 0.481 e. The standard InChI is InChI=1S/C18H25N3O2.C4H6O5/c19-8-13-2-12-3-14(12)21(13)16(22)15(20)17-4-10-1-11(5-17)7-18(23,6-10)9-17;5-2(4(8)9)1-3(6)7/h10-15,23H,1-7,9,20H2;2,5H,1H2,(H,6,7)(H,8,9)/t10-,11+,12-,13+,14+,15-,17?,18?;/m1./s1. The zero-order valence-electron chi connectivity index (χ0n) is 17.9. The van der Waals surface area contributed by atoms with E-state index in [2.05, 4.69) is 6.07 Å². The Morgan fingerprint density at radius 1 is 1.09 bits per heavy atom. The number of aliphatic hydroxyl groups is 2. The molecule has 9 atom stereocenters. The summed E-state index contributed by atoms with van der Waals surface area (Å²) in [4.78, 5) is 34.4. The van der Waals surface area contributed by atoms with E-state index >= 15 is 0 Å². The monoisotopic (exact) mass is 449 g/mol. The third-order valence-corrected chi connectivity index (χ3v) is 8.16. The van der Waals surface area contributed by atoms with Crippen LogP contribution in [0.5, 0.6) is 0 Å². The molecule has 0 aromatic rings. The first kappa shape index (κ1) is 23.0. The van der Waals surface area contributed by atoms with Crippen molar-refractivity contribution in [3.05, 3.63) is 0 Å². The first-order valence-corrected chi connectivity index (χ1v) is 11.3. The van der Waals surface area contributed by atoms with Crippen molar-refractivity contribution in [2.24, 2.45) is 28.9 Å². The quantitative estimate of drug-likeness (QED) is 0.387. The molecule has 1 heterocycles. The number of carbonyl (C=O) groups is 3. The maximum absolute atomic E-state index is 13.1. The number of carbonyl (C=O) groups excluding carboxylic acids is 1. The van der Waals surface area contributed by atoms with Gasteiger partial charge >= 0.3 is 11.9 Å². The number of hydrogen-bond acceptors (Lipinski definition) is 7. The lowest BCUT2D eigenvalue weighted by atomic mass is 9.46. The molecule has 3 unspecified atom stereocenters. The zero-order chi connectivity index (χ0) is 23.4. The van der Waals surface area contributed by atoms with E-state index in [1.54, 1.807) is 4.90 Å². The zero-order valence-corrected chi connectivity index (χ0v) is 17.9. The molecule has 0 aromatic carbocycles. The molecule has 0 spiro atoms. The fraction of sp³-hybridized carbons (Fsp3) is 0.818. The van der Waals surface area contributed by atoms with Gasteiger partial charge in [-0.3, -0.25) is 9.59 Å². The summed E-state index contributed by atoms with van der Waals surface area (Å²) < 4.78 is 0. The van der Waals surface area contributed by atoms with Crippen molar-refractivity contribution in [1.82, 2.24) is 4.90 Å². The molecule has 4 bridgehead atoms. The first-order valence-electron chi connectivity index (χ1n) is 11.3. The van der Waals surface area contributed by atoms with Crippen LogP contribution < -0.4 is 5.73 Å². The number of amides is 1. The Kier molecular flexibility index (Phi) is 5.72. The van der Waals surface area contributed by atoms with E-state index in [1.165, 1.54) is 6.42 Å². The van der Waals surface area contributed by atoms with Crippen LogP contribution in [-0.4, -0.2) is 73.0 Å². The molecule has 6 fully saturated rings. The van der Waals surface area contributed by atoms with Crippen LogP contribution in [-0.2, 0) is 14.4 Å². The topological polar surface area (TPSA) is 185 Å². The maximum Gasteiger partial charge on any atom is 0.333 e. The van der Waals surface area contributed by atoms with Crippen molar-refractivity contribution in [3.63, 3.8) is 0 Å². The predicted molar refractivity (Wildman–Crippen MR) is 109 cm³/mol. The summed E-state index contributed by atoms with van der Waals surface area (Å²) in [7, 11) is 0. The summed E-state index contributed by atoms with van der Waals surface area (Å²) in [6, 6.07) is 1.72. The molecule has 6 aliphatic rings. The highest BCUT2D eigenvalue weighted by molar-refractivity contribution is 5.84. The Morgan fingerprint density at radius 2 is 1.72 bits per heavy atom. The molecule has 1 saturated heterocycles. The van der Waals surface area contributed by atoms with Gasteiger partial charge in [0.2, 0.25) is 5.91 Å². The van der Waals surface area contributed by atoms with Gasteiger partial charge in [0.15, 0.2) is 6.10 Å². The maximum atomic E-state index is 13.1. The number of nitrogens with two attached hydrogens (primary N) is 1. The van der Waals surface area contributed by atoms with Crippen LogP contribution in [0.3, 0.4) is 0 Å². The van der Waals surface area contributed by atoms with Gasteiger partial charge in [-0.25, -0.2) is 4.79 Å². The average Bonchev–Trinajstić information content (AvgIpc) is 3.34. The second-order valence-electron chi connectivity index (χ2n) is 10.7. The Labute approximate surface area is 186 Å². The number of nitriles is 1. The van der Waals surface area contributed by atoms with Crippen LogP contribution in [0, 0.1) is 34.5 Å². The third-order valence-electron chi connectivity index (χ3n) is 8.16. The Bertz CT molecular complexity index is 841. The molecular weight excluding hydrogens is 418 g/mol. The van der Waals surface area contributed by atoms with Gasteiger partial charge in [0.25, 0.3) is 0 Å². The molecule has 10 nitrogen and oxygen atoms in total. The minimum absolute atomic E-state index is 0.0212. The molecule has 6 rings (SSSR count). The second-order valence-corrected chi connectivity index (χ2v) is 10.7. The van der Waals surface area contributed by atoms with Gasteiger partial charge in [0.05, 0.1) is 24.1 Å². The molecule has 1 amide bonds. The first-order chi connectivity index (χ1) is 15.0. The van der Waals surface area contributed by atoms with Gasteiger partial charge in [-0.1, -0.05) is 0 Å². The lowest BCUT2D eigenvalue weighted by Gasteiger charge is -2.61. The summed E-state index contributed by atoms with van der Waals surface area (Å²) >= 11 is 0. The minimum atomic E-state index is -1.79. The molecule has 5 saturated carbocycles. The van der Waals surface area contributed by atoms with Crippen LogP contribution in [0.2, 0.25) is 0 Å². The minimum Gasteiger partial charge on any atom is -0.481 e. The number of aliphatic carboxylic acids is 2. The number of nitrogens with zero attached hydrogens (tertiary/aromatic N) is 2. The highest BCUT2D eigenvalue weighted by atomic mass is 16.4. The van der Waals surface area contributed by atoms with Crippen LogP contribution in [0.1, 0.15) is 57.8 Å². The fourth-order valence-electron chi connectivity index (χ4n) is 7.21. The van der Waals surface area contributed by atoms with E-state index in [9.17, 15) is 24.8 Å². The van der Waals surface area contributed by atoms with E-state index in [1.807, 2.05) is 0 Å². The summed E-state index contributed by atoms with van der Waals surface area (Å²) in [5.41, 5.74) is 5.71. The number of carboxylic acid groups (broad SMARTS) is 2. The van der Waals surface area contributed by atoms with Gasteiger partial charge in [0, 0.05) is 6.04 Å². The Balaban J connectivity index is 0.000000234. The molecule has 1 aliphatic heterocycles. The molecule has 0 aromatic heterocycles. The predicted octanol–water partition coefficient (Wildman–Crippen LogP) is 0.0646. The van der Waals surface area contributed by atoms with Gasteiger partial charge in [-0.05, 0) is 74.5 Å². The molecule has 6 N–H and O–H groups in total. The van der Waals surface area contributed by atoms with Crippen molar-refractivity contribution in [1.29, 1.82) is 5.26 Å². The highest BCUT2D eigenvalue weighted by Crippen LogP contribution is 2.63. The third kappa shape index (κ3) is 4.09. The second kappa shape index (κ2) is 7.97. The van der Waals surface area contributed by atoms with Gasteiger partial charge < -0.3 is 31.1 Å². The van der Waals surface area contributed by atoms with Gasteiger partial charge in [-0.2, -0.15) is 5.26 Å². The lowest BCUT2D eigenvalue weighted by Crippen LogP contribution is -2.64. The number of carboxylic acids is 2. The van der Waals surface area contributed by atoms with Crippen LogP contribution in [0.4, 0.5) is 0 Å².